The Morgan fingerprint density at radius 1 is 1.25 bits per heavy atom. The Hall–Kier alpha value is -4.48. The summed E-state index contributed by atoms with van der Waals surface area (Å²) in [6.07, 6.45) is 1.56. The number of furan rings is 1. The average molecular weight is 580 g/mol. The molecule has 204 valence electrons. The number of benzene rings is 2. The maximum Gasteiger partial charge on any atom is 0.338 e. The molecule has 2 aromatic carbocycles. The highest BCUT2D eigenvalue weighted by atomic mass is 35.5. The second-order valence-corrected chi connectivity index (χ2v) is 10.1. The van der Waals surface area contributed by atoms with Gasteiger partial charge in [0.25, 0.3) is 11.2 Å². The van der Waals surface area contributed by atoms with Gasteiger partial charge < -0.3 is 13.9 Å². The first-order chi connectivity index (χ1) is 19.2. The van der Waals surface area contributed by atoms with Crippen molar-refractivity contribution in [2.75, 3.05) is 13.7 Å². The lowest BCUT2D eigenvalue weighted by atomic mass is 9.96. The van der Waals surface area contributed by atoms with E-state index in [1.165, 1.54) is 29.9 Å². The van der Waals surface area contributed by atoms with Gasteiger partial charge in [-0.15, -0.1) is 0 Å². The fourth-order valence-corrected chi connectivity index (χ4v) is 5.75. The van der Waals surface area contributed by atoms with Crippen LogP contribution in [0.2, 0.25) is 5.02 Å². The Bertz CT molecular complexity index is 1870. The number of aromatic nitrogens is 1. The number of nitrogens with zero attached hydrogens (tertiary/aromatic N) is 3. The van der Waals surface area contributed by atoms with Crippen molar-refractivity contribution in [3.8, 4) is 17.1 Å². The van der Waals surface area contributed by atoms with E-state index in [1.54, 1.807) is 56.3 Å². The van der Waals surface area contributed by atoms with Crippen molar-refractivity contribution < 1.29 is 23.6 Å². The molecule has 0 bridgehead atoms. The van der Waals surface area contributed by atoms with Gasteiger partial charge in [0.1, 0.15) is 23.3 Å². The van der Waals surface area contributed by atoms with Gasteiger partial charge in [0.15, 0.2) is 4.80 Å². The van der Waals surface area contributed by atoms with Crippen molar-refractivity contribution in [3.05, 3.63) is 112 Å². The molecule has 0 N–H and O–H groups in total. The van der Waals surface area contributed by atoms with Crippen LogP contribution in [0.15, 0.2) is 80.1 Å². The normalized spacial score (nSPS) is 15.0. The molecule has 2 aromatic heterocycles. The third-order valence-electron chi connectivity index (χ3n) is 6.28. The number of rotatable bonds is 7. The number of nitro groups is 1. The van der Waals surface area contributed by atoms with Crippen LogP contribution in [-0.4, -0.2) is 29.2 Å². The molecule has 5 rings (SSSR count). The highest BCUT2D eigenvalue weighted by Gasteiger charge is 2.34. The van der Waals surface area contributed by atoms with Gasteiger partial charge in [-0.1, -0.05) is 41.1 Å². The smallest absolute Gasteiger partial charge is 0.338 e. The summed E-state index contributed by atoms with van der Waals surface area (Å²) in [5, 5.41) is 11.7. The SMILES string of the molecule is CCOC(=O)C1=C(C)N=c2s/c(=C\c3ccc(-c4cc([N+](=O)[O-])ccc4OC)o3)c(=O)n2C1c1ccccc1Cl. The van der Waals surface area contributed by atoms with E-state index in [4.69, 9.17) is 25.5 Å². The van der Waals surface area contributed by atoms with Crippen LogP contribution in [0.4, 0.5) is 5.69 Å². The zero-order valence-corrected chi connectivity index (χ0v) is 23.1. The number of non-ortho nitro benzene ring substituents is 1. The maximum absolute atomic E-state index is 13.8. The number of thiazole rings is 1. The van der Waals surface area contributed by atoms with Crippen LogP contribution in [0, 0.1) is 10.1 Å². The summed E-state index contributed by atoms with van der Waals surface area (Å²) in [5.41, 5.74) is 1.10. The van der Waals surface area contributed by atoms with Gasteiger partial charge in [-0.2, -0.15) is 0 Å². The highest BCUT2D eigenvalue weighted by molar-refractivity contribution is 7.07. The molecule has 40 heavy (non-hydrogen) atoms. The van der Waals surface area contributed by atoms with Crippen molar-refractivity contribution >= 4 is 40.7 Å². The molecule has 0 spiro atoms. The molecule has 4 aromatic rings. The van der Waals surface area contributed by atoms with E-state index >= 15 is 0 Å². The monoisotopic (exact) mass is 579 g/mol. The Morgan fingerprint density at radius 3 is 2.73 bits per heavy atom. The molecule has 1 atom stereocenters. The second-order valence-electron chi connectivity index (χ2n) is 8.67. The molecule has 3 heterocycles. The summed E-state index contributed by atoms with van der Waals surface area (Å²) in [5.74, 6) is 0.482. The number of esters is 1. The average Bonchev–Trinajstić information content (AvgIpc) is 3.52. The lowest BCUT2D eigenvalue weighted by Gasteiger charge is -2.25. The van der Waals surface area contributed by atoms with Crippen LogP contribution in [0.25, 0.3) is 17.4 Å². The van der Waals surface area contributed by atoms with E-state index in [0.717, 1.165) is 11.3 Å². The summed E-state index contributed by atoms with van der Waals surface area (Å²) in [6, 6.07) is 13.6. The zero-order chi connectivity index (χ0) is 28.6. The molecule has 1 aliphatic heterocycles. The van der Waals surface area contributed by atoms with E-state index in [-0.39, 0.29) is 17.9 Å². The van der Waals surface area contributed by atoms with Gasteiger partial charge in [0.2, 0.25) is 0 Å². The summed E-state index contributed by atoms with van der Waals surface area (Å²) in [4.78, 5) is 42.5. The lowest BCUT2D eigenvalue weighted by Crippen LogP contribution is -2.40. The molecular weight excluding hydrogens is 558 g/mol. The topological polar surface area (TPSA) is 126 Å². The van der Waals surface area contributed by atoms with Crippen LogP contribution in [0.1, 0.15) is 31.2 Å². The van der Waals surface area contributed by atoms with Crippen molar-refractivity contribution in [1.29, 1.82) is 0 Å². The van der Waals surface area contributed by atoms with Gasteiger partial charge >= 0.3 is 5.97 Å². The van der Waals surface area contributed by atoms with E-state index in [1.807, 2.05) is 0 Å². The first kappa shape index (κ1) is 27.1. The minimum Gasteiger partial charge on any atom is -0.496 e. The molecule has 0 saturated heterocycles. The summed E-state index contributed by atoms with van der Waals surface area (Å²) >= 11 is 7.67. The number of carbonyl (C=O) groups is 1. The number of carbonyl (C=O) groups excluding carboxylic acids is 1. The van der Waals surface area contributed by atoms with E-state index < -0.39 is 22.5 Å². The van der Waals surface area contributed by atoms with Crippen molar-refractivity contribution in [2.45, 2.75) is 19.9 Å². The van der Waals surface area contributed by atoms with E-state index in [2.05, 4.69) is 4.99 Å². The van der Waals surface area contributed by atoms with E-state index in [9.17, 15) is 19.7 Å². The maximum atomic E-state index is 13.8. The zero-order valence-electron chi connectivity index (χ0n) is 21.5. The Morgan fingerprint density at radius 2 is 2.02 bits per heavy atom. The molecule has 0 saturated carbocycles. The Kier molecular flexibility index (Phi) is 7.42. The third kappa shape index (κ3) is 4.85. The number of halogens is 1. The van der Waals surface area contributed by atoms with E-state index in [0.29, 0.717) is 48.5 Å². The molecular formula is C28H22ClN3O7S. The standard InChI is InChI=1S/C28H22ClN3O7S/c1-4-38-27(34)24-15(2)30-28-31(25(24)18-7-5-6-8-20(18)29)26(33)23(40-28)14-17-10-12-22(39-17)19-13-16(32(35)36)9-11-21(19)37-3/h5-14,25H,4H2,1-3H3/b23-14-. The van der Waals surface area contributed by atoms with Crippen LogP contribution >= 0.6 is 22.9 Å². The molecule has 0 fully saturated rings. The second kappa shape index (κ2) is 10.9. The quantitative estimate of drug-likeness (QED) is 0.177. The lowest BCUT2D eigenvalue weighted by molar-refractivity contribution is -0.384. The summed E-state index contributed by atoms with van der Waals surface area (Å²) < 4.78 is 18.3. The fraction of sp³-hybridized carbons (Fsp3) is 0.179. The van der Waals surface area contributed by atoms with Crippen LogP contribution in [-0.2, 0) is 9.53 Å². The number of hydrogen-bond donors (Lipinski definition) is 0. The van der Waals surface area contributed by atoms with Crippen molar-refractivity contribution in [2.24, 2.45) is 4.99 Å². The molecule has 0 radical (unpaired) electrons. The predicted molar refractivity (Wildman–Crippen MR) is 149 cm³/mol. The number of ether oxygens (including phenoxy) is 2. The van der Waals surface area contributed by atoms with Crippen LogP contribution < -0.4 is 19.6 Å². The van der Waals surface area contributed by atoms with Crippen molar-refractivity contribution in [1.82, 2.24) is 4.57 Å². The molecule has 1 unspecified atom stereocenters. The van der Waals surface area contributed by atoms with Gasteiger partial charge in [0, 0.05) is 23.2 Å². The Labute approximate surface area is 236 Å². The minimum atomic E-state index is -0.840. The number of methoxy groups -OCH3 is 1. The van der Waals surface area contributed by atoms with Crippen LogP contribution in [0.3, 0.4) is 0 Å². The van der Waals surface area contributed by atoms with Gasteiger partial charge in [-0.25, -0.2) is 9.79 Å². The number of nitro benzene ring substituents is 1. The predicted octanol–water partition coefficient (Wildman–Crippen LogP) is 4.63. The van der Waals surface area contributed by atoms with Crippen molar-refractivity contribution in [3.63, 3.8) is 0 Å². The molecule has 10 nitrogen and oxygen atoms in total. The fourth-order valence-electron chi connectivity index (χ4n) is 4.49. The molecule has 0 amide bonds. The summed E-state index contributed by atoms with van der Waals surface area (Å²) in [6.45, 7) is 3.55. The molecule has 1 aliphatic rings. The number of fused-ring (bicyclic) bond motifs is 1. The first-order valence-electron chi connectivity index (χ1n) is 12.1. The van der Waals surface area contributed by atoms with Crippen LogP contribution in [0.5, 0.6) is 5.75 Å². The third-order valence-corrected chi connectivity index (χ3v) is 7.60. The minimum absolute atomic E-state index is 0.116. The Balaban J connectivity index is 1.64. The molecule has 0 aliphatic carbocycles. The number of allylic oxidation sites excluding steroid dienone is 1. The van der Waals surface area contributed by atoms with Gasteiger partial charge in [-0.05, 0) is 43.7 Å². The van der Waals surface area contributed by atoms with Gasteiger partial charge in [0.05, 0.1) is 40.0 Å². The highest BCUT2D eigenvalue weighted by Crippen LogP contribution is 2.36. The number of hydrogen-bond acceptors (Lipinski definition) is 9. The molecule has 12 heteroatoms. The largest absolute Gasteiger partial charge is 0.496 e. The summed E-state index contributed by atoms with van der Waals surface area (Å²) in [7, 11) is 1.46. The van der Waals surface area contributed by atoms with Gasteiger partial charge in [-0.3, -0.25) is 19.5 Å². The first-order valence-corrected chi connectivity index (χ1v) is 13.3.